The molecule has 1 N–H and O–H groups in total. The van der Waals surface area contributed by atoms with Crippen LogP contribution in [0.15, 0.2) is 48.5 Å². The summed E-state index contributed by atoms with van der Waals surface area (Å²) in [5, 5.41) is 10.8. The molecule has 9 heteroatoms. The van der Waals surface area contributed by atoms with Gasteiger partial charge in [0.1, 0.15) is 5.75 Å². The molecule has 0 spiro atoms. The minimum Gasteiger partial charge on any atom is -0.455 e. The normalized spacial score (nSPS) is 10.4. The van der Waals surface area contributed by atoms with Crippen LogP contribution in [0, 0.1) is 10.1 Å². The van der Waals surface area contributed by atoms with Gasteiger partial charge in [0.2, 0.25) is 10.0 Å². The van der Waals surface area contributed by atoms with Crippen molar-refractivity contribution in [2.75, 3.05) is 11.0 Å². The Labute approximate surface area is 157 Å². The molecule has 0 saturated carbocycles. The summed E-state index contributed by atoms with van der Waals surface area (Å²) in [6.07, 6.45) is 0.987. The van der Waals surface area contributed by atoms with Gasteiger partial charge in [0.15, 0.2) is 5.75 Å². The maximum atomic E-state index is 11.3. The molecule has 2 rings (SSSR count). The van der Waals surface area contributed by atoms with Crippen LogP contribution in [0.3, 0.4) is 0 Å². The van der Waals surface area contributed by atoms with Gasteiger partial charge in [-0.3, -0.25) is 14.8 Å². The van der Waals surface area contributed by atoms with Crippen LogP contribution >= 0.6 is 0 Å². The SMILES string of the molecule is CS(=O)(=O)Nc1ccc([N+](=O)[O-])cc1Oc1ccccc1.[Ca+2]. The van der Waals surface area contributed by atoms with Gasteiger partial charge < -0.3 is 4.74 Å². The van der Waals surface area contributed by atoms with E-state index < -0.39 is 14.9 Å². The van der Waals surface area contributed by atoms with E-state index in [1.54, 1.807) is 30.3 Å². The van der Waals surface area contributed by atoms with Crippen LogP contribution < -0.4 is 9.46 Å². The number of hydrogen-bond donors (Lipinski definition) is 1. The number of nitrogens with zero attached hydrogens (tertiary/aromatic N) is 1. The summed E-state index contributed by atoms with van der Waals surface area (Å²) in [5.41, 5.74) is -0.0630. The fraction of sp³-hybridized carbons (Fsp3) is 0.0769. The third kappa shape index (κ3) is 5.45. The number of sulfonamides is 1. The van der Waals surface area contributed by atoms with Crippen molar-refractivity contribution in [3.8, 4) is 11.5 Å². The van der Waals surface area contributed by atoms with Crippen molar-refractivity contribution in [2.45, 2.75) is 0 Å². The molecule has 110 valence electrons. The van der Waals surface area contributed by atoms with Gasteiger partial charge in [-0.25, -0.2) is 8.42 Å². The van der Waals surface area contributed by atoms with Crippen molar-refractivity contribution in [3.05, 3.63) is 58.6 Å². The fourth-order valence-electron chi connectivity index (χ4n) is 1.61. The molecule has 0 saturated heterocycles. The Bertz CT molecular complexity index is 765. The third-order valence-electron chi connectivity index (χ3n) is 2.44. The zero-order valence-electron chi connectivity index (χ0n) is 11.7. The molecule has 0 fully saturated rings. The maximum Gasteiger partial charge on any atom is 2.00 e. The van der Waals surface area contributed by atoms with Crippen LogP contribution in [0.1, 0.15) is 0 Å². The Balaban J connectivity index is 0.00000242. The Morgan fingerprint density at radius 2 is 1.77 bits per heavy atom. The molecule has 0 atom stereocenters. The number of rotatable bonds is 5. The Morgan fingerprint density at radius 3 is 2.32 bits per heavy atom. The number of hydrogen-bond acceptors (Lipinski definition) is 5. The number of nitrogens with one attached hydrogen (secondary N) is 1. The van der Waals surface area contributed by atoms with E-state index in [0.29, 0.717) is 5.75 Å². The molecule has 0 aliphatic carbocycles. The van der Waals surface area contributed by atoms with Gasteiger partial charge in [0, 0.05) is 6.07 Å². The minimum atomic E-state index is -3.52. The molecule has 7 nitrogen and oxygen atoms in total. The Hall–Kier alpha value is -1.35. The van der Waals surface area contributed by atoms with Gasteiger partial charge in [0.25, 0.3) is 5.69 Å². The molecule has 0 aromatic heterocycles. The Morgan fingerprint density at radius 1 is 1.14 bits per heavy atom. The van der Waals surface area contributed by atoms with E-state index in [-0.39, 0.29) is 54.9 Å². The summed E-state index contributed by atoms with van der Waals surface area (Å²) in [6.45, 7) is 0. The smallest absolute Gasteiger partial charge is 0.455 e. The Kier molecular flexibility index (Phi) is 6.61. The summed E-state index contributed by atoms with van der Waals surface area (Å²) in [6, 6.07) is 12.2. The van der Waals surface area contributed by atoms with Gasteiger partial charge in [-0.2, -0.15) is 0 Å². The number of anilines is 1. The first-order valence-corrected chi connectivity index (χ1v) is 7.73. The topological polar surface area (TPSA) is 98.5 Å². The standard InChI is InChI=1S/C13H12N2O5S.Ca/c1-21(18,19)14-12-8-7-10(15(16)17)9-13(12)20-11-5-3-2-4-6-11;/h2-9,14H,1H3;/q;+2. The average Bonchev–Trinajstić information content (AvgIpc) is 2.40. The van der Waals surface area contributed by atoms with E-state index in [1.807, 2.05) is 0 Å². The predicted molar refractivity (Wildman–Crippen MR) is 83.8 cm³/mol. The summed E-state index contributed by atoms with van der Waals surface area (Å²) >= 11 is 0. The van der Waals surface area contributed by atoms with Gasteiger partial charge in [-0.1, -0.05) is 18.2 Å². The number of benzene rings is 2. The molecule has 0 heterocycles. The van der Waals surface area contributed by atoms with Crippen molar-refractivity contribution >= 4 is 59.1 Å². The largest absolute Gasteiger partial charge is 2.00 e. The van der Waals surface area contributed by atoms with Gasteiger partial charge >= 0.3 is 37.7 Å². The second-order valence-electron chi connectivity index (χ2n) is 4.23. The van der Waals surface area contributed by atoms with Gasteiger partial charge in [0.05, 0.1) is 22.9 Å². The van der Waals surface area contributed by atoms with E-state index in [1.165, 1.54) is 18.2 Å². The van der Waals surface area contributed by atoms with Crippen molar-refractivity contribution in [3.63, 3.8) is 0 Å². The second kappa shape index (κ2) is 7.77. The van der Waals surface area contributed by atoms with E-state index >= 15 is 0 Å². The van der Waals surface area contributed by atoms with Crippen LogP contribution in [-0.4, -0.2) is 57.3 Å². The second-order valence-corrected chi connectivity index (χ2v) is 5.98. The van der Waals surface area contributed by atoms with Crippen molar-refractivity contribution in [1.82, 2.24) is 0 Å². The first-order valence-electron chi connectivity index (χ1n) is 5.84. The molecule has 22 heavy (non-hydrogen) atoms. The number of nitro groups is 1. The van der Waals surface area contributed by atoms with E-state index in [0.717, 1.165) is 6.26 Å². The fourth-order valence-corrected chi connectivity index (χ4v) is 2.18. The zero-order valence-corrected chi connectivity index (χ0v) is 14.7. The molecule has 0 bridgehead atoms. The zero-order chi connectivity index (χ0) is 15.5. The molecule has 0 aliphatic rings. The summed E-state index contributed by atoms with van der Waals surface area (Å²) in [5.74, 6) is 0.496. The molecular weight excluding hydrogens is 336 g/mol. The first kappa shape index (κ1) is 18.7. The van der Waals surface area contributed by atoms with Gasteiger partial charge in [-0.05, 0) is 18.2 Å². The predicted octanol–water partition coefficient (Wildman–Crippen LogP) is 2.38. The number of nitro benzene ring substituents is 1. The van der Waals surface area contributed by atoms with Crippen LogP contribution in [0.25, 0.3) is 0 Å². The maximum absolute atomic E-state index is 11.3. The molecule has 2 aromatic rings. The van der Waals surface area contributed by atoms with Crippen molar-refractivity contribution in [1.29, 1.82) is 0 Å². The van der Waals surface area contributed by atoms with E-state index in [2.05, 4.69) is 4.72 Å². The molecule has 0 unspecified atom stereocenters. The van der Waals surface area contributed by atoms with Crippen LogP contribution in [0.5, 0.6) is 11.5 Å². The number of non-ortho nitro benzene ring substituents is 1. The average molecular weight is 348 g/mol. The first-order chi connectivity index (χ1) is 9.85. The summed E-state index contributed by atoms with van der Waals surface area (Å²) < 4.78 is 30.4. The third-order valence-corrected chi connectivity index (χ3v) is 3.03. The molecule has 2 aromatic carbocycles. The van der Waals surface area contributed by atoms with Crippen molar-refractivity contribution in [2.24, 2.45) is 0 Å². The summed E-state index contributed by atoms with van der Waals surface area (Å²) in [7, 11) is -3.52. The minimum absolute atomic E-state index is 0. The van der Waals surface area contributed by atoms with E-state index in [4.69, 9.17) is 4.74 Å². The van der Waals surface area contributed by atoms with E-state index in [9.17, 15) is 18.5 Å². The molecule has 0 radical (unpaired) electrons. The molecular formula is C13H12CaN2O5S+2. The van der Waals surface area contributed by atoms with Crippen molar-refractivity contribution < 1.29 is 18.1 Å². The quantitative estimate of drug-likeness (QED) is 0.508. The summed E-state index contributed by atoms with van der Waals surface area (Å²) in [4.78, 5) is 10.2. The van der Waals surface area contributed by atoms with Gasteiger partial charge in [-0.15, -0.1) is 0 Å². The number of para-hydroxylation sites is 1. The van der Waals surface area contributed by atoms with Crippen LogP contribution in [0.2, 0.25) is 0 Å². The molecule has 0 amide bonds. The monoisotopic (exact) mass is 348 g/mol. The van der Waals surface area contributed by atoms with Crippen LogP contribution in [0.4, 0.5) is 11.4 Å². The number of ether oxygens (including phenoxy) is 1. The van der Waals surface area contributed by atoms with Crippen LogP contribution in [-0.2, 0) is 10.0 Å². The molecule has 0 aliphatic heterocycles.